The molecule has 0 aromatic carbocycles. The van der Waals surface area contributed by atoms with Gasteiger partial charge in [-0.25, -0.2) is 0 Å². The van der Waals surface area contributed by atoms with Gasteiger partial charge in [0.15, 0.2) is 0 Å². The fourth-order valence-corrected chi connectivity index (χ4v) is 3.25. The average molecular weight is 345 g/mol. The molecule has 3 heterocycles. The van der Waals surface area contributed by atoms with E-state index in [1.807, 2.05) is 35.6 Å². The van der Waals surface area contributed by atoms with E-state index in [1.54, 1.807) is 0 Å². The van der Waals surface area contributed by atoms with E-state index in [4.69, 9.17) is 4.74 Å². The number of aryl methyl sites for hydroxylation is 2. The van der Waals surface area contributed by atoms with E-state index in [-0.39, 0.29) is 12.0 Å². The first kappa shape index (κ1) is 17.7. The van der Waals surface area contributed by atoms with Gasteiger partial charge in [0, 0.05) is 25.4 Å². The van der Waals surface area contributed by atoms with Gasteiger partial charge in [-0.15, -0.1) is 0 Å². The predicted molar refractivity (Wildman–Crippen MR) is 94.6 cm³/mol. The van der Waals surface area contributed by atoms with Crippen molar-refractivity contribution < 1.29 is 9.53 Å². The van der Waals surface area contributed by atoms with Crippen LogP contribution < -0.4 is 0 Å². The van der Waals surface area contributed by atoms with Crippen molar-refractivity contribution in [2.75, 3.05) is 19.7 Å². The number of piperidine rings is 1. The summed E-state index contributed by atoms with van der Waals surface area (Å²) in [6, 6.07) is 3.86. The van der Waals surface area contributed by atoms with Crippen molar-refractivity contribution in [3.8, 4) is 0 Å². The average Bonchev–Trinajstić information content (AvgIpc) is 3.19. The van der Waals surface area contributed by atoms with Crippen LogP contribution in [0.2, 0.25) is 0 Å². The maximum absolute atomic E-state index is 12.7. The highest BCUT2D eigenvalue weighted by Gasteiger charge is 2.26. The van der Waals surface area contributed by atoms with Crippen molar-refractivity contribution in [3.63, 3.8) is 0 Å². The maximum Gasteiger partial charge on any atom is 0.274 e. The molecule has 1 amide bonds. The van der Waals surface area contributed by atoms with Crippen molar-refractivity contribution >= 4 is 5.91 Å². The van der Waals surface area contributed by atoms with Crippen molar-refractivity contribution in [2.45, 2.75) is 52.7 Å². The lowest BCUT2D eigenvalue weighted by Crippen LogP contribution is -2.43. The van der Waals surface area contributed by atoms with E-state index in [1.165, 1.54) is 0 Å². The Morgan fingerprint density at radius 1 is 1.40 bits per heavy atom. The zero-order valence-corrected chi connectivity index (χ0v) is 15.3. The lowest BCUT2D eigenvalue weighted by Gasteiger charge is -2.32. The highest BCUT2D eigenvalue weighted by atomic mass is 16.5. The second kappa shape index (κ2) is 7.82. The molecular weight excluding hydrogens is 318 g/mol. The molecule has 0 spiro atoms. The van der Waals surface area contributed by atoms with Gasteiger partial charge in [0.2, 0.25) is 0 Å². The Labute approximate surface area is 148 Å². The molecule has 1 N–H and O–H groups in total. The van der Waals surface area contributed by atoms with Crippen molar-refractivity contribution in [3.05, 3.63) is 34.9 Å². The summed E-state index contributed by atoms with van der Waals surface area (Å²) in [6.45, 7) is 8.85. The second-order valence-electron chi connectivity index (χ2n) is 6.75. The number of aromatic amines is 1. The summed E-state index contributed by atoms with van der Waals surface area (Å²) in [6.07, 6.45) is 3.14. The Balaban J connectivity index is 1.63. The van der Waals surface area contributed by atoms with Gasteiger partial charge in [-0.1, -0.05) is 6.92 Å². The number of carbonyl (C=O) groups excluding carboxylic acids is 1. The minimum absolute atomic E-state index is 0.0272. The molecule has 0 aliphatic carbocycles. The number of likely N-dealkylation sites (tertiary alicyclic amines) is 1. The Morgan fingerprint density at radius 3 is 2.96 bits per heavy atom. The Hall–Kier alpha value is -2.15. The van der Waals surface area contributed by atoms with Crippen molar-refractivity contribution in [1.29, 1.82) is 0 Å². The molecule has 1 fully saturated rings. The minimum Gasteiger partial charge on any atom is -0.376 e. The van der Waals surface area contributed by atoms with Crippen LogP contribution >= 0.6 is 0 Å². The molecule has 136 valence electrons. The van der Waals surface area contributed by atoms with E-state index in [0.717, 1.165) is 49.5 Å². The summed E-state index contributed by atoms with van der Waals surface area (Å²) in [5.74, 6) is -0.0272. The van der Waals surface area contributed by atoms with Gasteiger partial charge in [-0.05, 0) is 45.2 Å². The Morgan fingerprint density at radius 2 is 2.24 bits per heavy atom. The van der Waals surface area contributed by atoms with Gasteiger partial charge in [0.25, 0.3) is 5.91 Å². The first-order valence-corrected chi connectivity index (χ1v) is 9.03. The van der Waals surface area contributed by atoms with E-state index in [0.29, 0.717) is 18.8 Å². The third-order valence-corrected chi connectivity index (χ3v) is 4.50. The van der Waals surface area contributed by atoms with E-state index in [9.17, 15) is 4.79 Å². The van der Waals surface area contributed by atoms with Crippen LogP contribution in [0.3, 0.4) is 0 Å². The molecule has 7 heteroatoms. The number of nitrogens with one attached hydrogen (secondary N) is 1. The summed E-state index contributed by atoms with van der Waals surface area (Å²) < 4.78 is 7.72. The molecule has 25 heavy (non-hydrogen) atoms. The summed E-state index contributed by atoms with van der Waals surface area (Å²) in [4.78, 5) is 14.6. The third-order valence-electron chi connectivity index (χ3n) is 4.50. The number of rotatable bonds is 6. The van der Waals surface area contributed by atoms with E-state index < -0.39 is 0 Å². The number of nitrogens with zero attached hydrogens (tertiary/aromatic N) is 4. The number of amides is 1. The van der Waals surface area contributed by atoms with Crippen LogP contribution in [0.1, 0.15) is 53.8 Å². The standard InChI is InChI=1S/C18H27N5O2/c1-4-8-25-16-6-5-7-22(12-16)18(24)17-10-15(19-20-17)11-23-14(3)9-13(2)21-23/h9-10,16H,4-8,11-12H2,1-3H3,(H,19,20)/t16-/m0/s1. The van der Waals surface area contributed by atoms with Crippen LogP contribution in [0.5, 0.6) is 0 Å². The minimum atomic E-state index is -0.0272. The molecular formula is C18H27N5O2. The van der Waals surface area contributed by atoms with Crippen molar-refractivity contribution in [2.24, 2.45) is 0 Å². The number of aromatic nitrogens is 4. The fourth-order valence-electron chi connectivity index (χ4n) is 3.25. The van der Waals surface area contributed by atoms with Gasteiger partial charge >= 0.3 is 0 Å². The Bertz CT molecular complexity index is 721. The summed E-state index contributed by atoms with van der Waals surface area (Å²) >= 11 is 0. The lowest BCUT2D eigenvalue weighted by atomic mass is 10.1. The largest absolute Gasteiger partial charge is 0.376 e. The molecule has 0 unspecified atom stereocenters. The van der Waals surface area contributed by atoms with Crippen LogP contribution in [0.25, 0.3) is 0 Å². The topological polar surface area (TPSA) is 76.0 Å². The monoisotopic (exact) mass is 345 g/mol. The molecule has 0 radical (unpaired) electrons. The fraction of sp³-hybridized carbons (Fsp3) is 0.611. The molecule has 2 aromatic rings. The molecule has 7 nitrogen and oxygen atoms in total. The molecule has 1 saturated heterocycles. The number of hydrogen-bond acceptors (Lipinski definition) is 4. The summed E-state index contributed by atoms with van der Waals surface area (Å²) in [5.41, 5.74) is 3.42. The highest BCUT2D eigenvalue weighted by Crippen LogP contribution is 2.16. The summed E-state index contributed by atoms with van der Waals surface area (Å²) in [7, 11) is 0. The normalized spacial score (nSPS) is 17.9. The molecule has 2 aromatic heterocycles. The van der Waals surface area contributed by atoms with Gasteiger partial charge in [0.1, 0.15) is 5.69 Å². The molecule has 1 aliphatic heterocycles. The van der Waals surface area contributed by atoms with Crippen LogP contribution in [0.4, 0.5) is 0 Å². The number of H-pyrrole nitrogens is 1. The molecule has 1 atom stereocenters. The van der Waals surface area contributed by atoms with Gasteiger partial charge in [-0.2, -0.15) is 10.2 Å². The van der Waals surface area contributed by atoms with Crippen LogP contribution in [0.15, 0.2) is 12.1 Å². The second-order valence-corrected chi connectivity index (χ2v) is 6.75. The number of hydrogen-bond donors (Lipinski definition) is 1. The zero-order valence-electron chi connectivity index (χ0n) is 15.3. The summed E-state index contributed by atoms with van der Waals surface area (Å²) in [5, 5.41) is 11.6. The van der Waals surface area contributed by atoms with Crippen LogP contribution in [0, 0.1) is 13.8 Å². The smallest absolute Gasteiger partial charge is 0.274 e. The Kier molecular flexibility index (Phi) is 5.53. The van der Waals surface area contributed by atoms with E-state index in [2.05, 4.69) is 22.2 Å². The van der Waals surface area contributed by atoms with Crippen LogP contribution in [-0.2, 0) is 11.3 Å². The molecule has 1 aliphatic rings. The van der Waals surface area contributed by atoms with Gasteiger partial charge in [0.05, 0.1) is 24.0 Å². The third kappa shape index (κ3) is 4.28. The quantitative estimate of drug-likeness (QED) is 0.871. The molecule has 0 bridgehead atoms. The van der Waals surface area contributed by atoms with Gasteiger partial charge in [-0.3, -0.25) is 14.6 Å². The highest BCUT2D eigenvalue weighted by molar-refractivity contribution is 5.92. The first-order chi connectivity index (χ1) is 12.1. The molecule has 0 saturated carbocycles. The first-order valence-electron chi connectivity index (χ1n) is 9.03. The SMILES string of the molecule is CCCO[C@H]1CCCN(C(=O)c2cc(Cn3nc(C)cc3C)[nH]n2)C1. The van der Waals surface area contributed by atoms with Crippen LogP contribution in [-0.4, -0.2) is 56.6 Å². The zero-order chi connectivity index (χ0) is 17.8. The maximum atomic E-state index is 12.7. The molecule has 3 rings (SSSR count). The van der Waals surface area contributed by atoms with Gasteiger partial charge < -0.3 is 9.64 Å². The lowest BCUT2D eigenvalue weighted by molar-refractivity contribution is 0.00192. The van der Waals surface area contributed by atoms with Crippen molar-refractivity contribution in [1.82, 2.24) is 24.9 Å². The number of ether oxygens (including phenoxy) is 1. The number of carbonyl (C=O) groups is 1. The predicted octanol–water partition coefficient (Wildman–Crippen LogP) is 2.30. The van der Waals surface area contributed by atoms with E-state index >= 15 is 0 Å².